The monoisotopic (exact) mass is 293 g/mol. The molecule has 0 heterocycles. The van der Waals surface area contributed by atoms with Gasteiger partial charge in [-0.2, -0.15) is 5.26 Å². The van der Waals surface area contributed by atoms with Gasteiger partial charge in [0.15, 0.2) is 0 Å². The summed E-state index contributed by atoms with van der Waals surface area (Å²) in [4.78, 5) is 11.6. The second kappa shape index (κ2) is 7.20. The molecule has 4 nitrogen and oxygen atoms in total. The molecule has 0 fully saturated rings. The molecule has 0 spiro atoms. The highest BCUT2D eigenvalue weighted by Gasteiger charge is 2.16. The Morgan fingerprint density at radius 1 is 1.40 bits per heavy atom. The highest BCUT2D eigenvalue weighted by atomic mass is 32.2. The molecule has 0 saturated heterocycles. The van der Waals surface area contributed by atoms with Gasteiger partial charge >= 0.3 is 5.97 Å². The van der Waals surface area contributed by atoms with E-state index in [0.717, 1.165) is 5.56 Å². The Morgan fingerprint density at radius 2 is 2.10 bits per heavy atom. The van der Waals surface area contributed by atoms with E-state index in [1.54, 1.807) is 6.07 Å². The van der Waals surface area contributed by atoms with Crippen LogP contribution < -0.4 is 4.74 Å². The predicted molar refractivity (Wildman–Crippen MR) is 79.7 cm³/mol. The van der Waals surface area contributed by atoms with Crippen molar-refractivity contribution in [2.24, 2.45) is 0 Å². The molecule has 0 radical (unpaired) electrons. The van der Waals surface area contributed by atoms with E-state index in [1.165, 1.54) is 18.9 Å². The topological polar surface area (TPSA) is 59.3 Å². The number of hydrogen-bond acceptors (Lipinski definition) is 5. The number of ether oxygens (including phenoxy) is 2. The van der Waals surface area contributed by atoms with Crippen molar-refractivity contribution in [3.05, 3.63) is 29.3 Å². The van der Waals surface area contributed by atoms with Gasteiger partial charge in [0.2, 0.25) is 0 Å². The zero-order chi connectivity index (χ0) is 15.2. The predicted octanol–water partition coefficient (Wildman–Crippen LogP) is 3.14. The lowest BCUT2D eigenvalue weighted by atomic mass is 10.1. The van der Waals surface area contributed by atoms with Gasteiger partial charge in [-0.25, -0.2) is 0 Å². The maximum Gasteiger partial charge on any atom is 0.316 e. The second-order valence-electron chi connectivity index (χ2n) is 5.23. The Labute approximate surface area is 124 Å². The summed E-state index contributed by atoms with van der Waals surface area (Å²) in [5.41, 5.74) is 1.07. The Kier molecular flexibility index (Phi) is 5.90. The van der Waals surface area contributed by atoms with Crippen LogP contribution in [0.25, 0.3) is 0 Å². The van der Waals surface area contributed by atoms with E-state index in [9.17, 15) is 4.79 Å². The average molecular weight is 293 g/mol. The number of nitriles is 1. The fourth-order valence-corrected chi connectivity index (χ4v) is 2.28. The van der Waals surface area contributed by atoms with Crippen molar-refractivity contribution in [3.8, 4) is 11.8 Å². The van der Waals surface area contributed by atoms with Crippen molar-refractivity contribution >= 4 is 17.7 Å². The summed E-state index contributed by atoms with van der Waals surface area (Å²) in [6.07, 6.45) is 0. The minimum absolute atomic E-state index is 0.219. The highest BCUT2D eigenvalue weighted by Crippen LogP contribution is 2.22. The zero-order valence-electron chi connectivity index (χ0n) is 12.2. The van der Waals surface area contributed by atoms with Crippen LogP contribution in [-0.4, -0.2) is 24.4 Å². The molecule has 0 aromatic heterocycles. The van der Waals surface area contributed by atoms with Crippen LogP contribution >= 0.6 is 11.8 Å². The van der Waals surface area contributed by atoms with Gasteiger partial charge in [0.05, 0.1) is 18.4 Å². The summed E-state index contributed by atoms with van der Waals surface area (Å²) in [7, 11) is 1.54. The van der Waals surface area contributed by atoms with E-state index in [4.69, 9.17) is 14.7 Å². The fourth-order valence-electron chi connectivity index (χ4n) is 1.54. The molecular weight excluding hydrogens is 274 g/mol. The lowest BCUT2D eigenvalue weighted by Gasteiger charge is -2.19. The number of rotatable bonds is 5. The normalized spacial score (nSPS) is 10.8. The molecule has 1 aromatic carbocycles. The lowest BCUT2D eigenvalue weighted by Crippen LogP contribution is -2.24. The number of nitrogens with zero attached hydrogens (tertiary/aromatic N) is 1. The molecule has 0 unspecified atom stereocenters. The molecule has 20 heavy (non-hydrogen) atoms. The standard InChI is InChI=1S/C15H19NO3S/c1-15(2,3)19-14(17)10-20-9-11-5-6-12(8-16)13(7-11)18-4/h5-7H,9-10H2,1-4H3. The molecule has 0 aliphatic rings. The molecule has 0 aliphatic heterocycles. The smallest absolute Gasteiger partial charge is 0.316 e. The number of methoxy groups -OCH3 is 1. The Morgan fingerprint density at radius 3 is 2.65 bits per heavy atom. The van der Waals surface area contributed by atoms with E-state index < -0.39 is 5.60 Å². The van der Waals surface area contributed by atoms with Crippen molar-refractivity contribution < 1.29 is 14.3 Å². The summed E-state index contributed by atoms with van der Waals surface area (Å²) in [5, 5.41) is 8.90. The Hall–Kier alpha value is -1.67. The molecule has 0 saturated carbocycles. The molecule has 0 N–H and O–H groups in total. The largest absolute Gasteiger partial charge is 0.495 e. The first-order valence-electron chi connectivity index (χ1n) is 6.22. The van der Waals surface area contributed by atoms with Gasteiger partial charge in [0, 0.05) is 5.75 Å². The van der Waals surface area contributed by atoms with E-state index in [1.807, 2.05) is 32.9 Å². The third-order valence-electron chi connectivity index (χ3n) is 2.30. The van der Waals surface area contributed by atoms with Gasteiger partial charge < -0.3 is 9.47 Å². The zero-order valence-corrected chi connectivity index (χ0v) is 13.0. The second-order valence-corrected chi connectivity index (χ2v) is 6.21. The van der Waals surface area contributed by atoms with Crippen LogP contribution in [0, 0.1) is 11.3 Å². The van der Waals surface area contributed by atoms with Gasteiger partial charge in [0.25, 0.3) is 0 Å². The highest BCUT2D eigenvalue weighted by molar-refractivity contribution is 7.99. The SMILES string of the molecule is COc1cc(CSCC(=O)OC(C)(C)C)ccc1C#N. The summed E-state index contributed by atoms with van der Waals surface area (Å²) in [6.45, 7) is 5.54. The number of benzene rings is 1. The third kappa shape index (κ3) is 5.54. The van der Waals surface area contributed by atoms with E-state index in [2.05, 4.69) is 6.07 Å². The van der Waals surface area contributed by atoms with Crippen LogP contribution in [0.15, 0.2) is 18.2 Å². The molecule has 0 amide bonds. The third-order valence-corrected chi connectivity index (χ3v) is 3.27. The molecule has 0 bridgehead atoms. The van der Waals surface area contributed by atoms with Crippen LogP contribution in [-0.2, 0) is 15.3 Å². The maximum atomic E-state index is 11.6. The molecular formula is C15H19NO3S. The molecule has 0 atom stereocenters. The minimum atomic E-state index is -0.449. The molecule has 108 valence electrons. The van der Waals surface area contributed by atoms with Crippen molar-refractivity contribution in [1.29, 1.82) is 5.26 Å². The Bertz CT molecular complexity index is 515. The molecule has 1 aromatic rings. The first kappa shape index (κ1) is 16.4. The molecule has 0 aliphatic carbocycles. The number of thioether (sulfide) groups is 1. The Balaban J connectivity index is 2.51. The van der Waals surface area contributed by atoms with Gasteiger partial charge in [-0.15, -0.1) is 11.8 Å². The van der Waals surface area contributed by atoms with E-state index >= 15 is 0 Å². The minimum Gasteiger partial charge on any atom is -0.495 e. The number of carbonyl (C=O) groups is 1. The summed E-state index contributed by atoms with van der Waals surface area (Å²) >= 11 is 1.47. The number of carbonyl (C=O) groups excluding carboxylic acids is 1. The fraction of sp³-hybridized carbons (Fsp3) is 0.467. The number of esters is 1. The van der Waals surface area contributed by atoms with Crippen LogP contribution in [0.5, 0.6) is 5.75 Å². The van der Waals surface area contributed by atoms with E-state index in [0.29, 0.717) is 22.8 Å². The lowest BCUT2D eigenvalue weighted by molar-refractivity contribution is -0.151. The van der Waals surface area contributed by atoms with Crippen molar-refractivity contribution in [2.45, 2.75) is 32.1 Å². The van der Waals surface area contributed by atoms with Crippen LogP contribution in [0.1, 0.15) is 31.9 Å². The quantitative estimate of drug-likeness (QED) is 0.781. The van der Waals surface area contributed by atoms with Crippen LogP contribution in [0.2, 0.25) is 0 Å². The van der Waals surface area contributed by atoms with Gasteiger partial charge in [-0.05, 0) is 38.5 Å². The van der Waals surface area contributed by atoms with Crippen molar-refractivity contribution in [3.63, 3.8) is 0 Å². The van der Waals surface area contributed by atoms with Gasteiger partial charge in [-0.3, -0.25) is 4.79 Å². The first-order valence-corrected chi connectivity index (χ1v) is 7.38. The molecule has 1 rings (SSSR count). The van der Waals surface area contributed by atoms with Crippen LogP contribution in [0.3, 0.4) is 0 Å². The summed E-state index contributed by atoms with van der Waals surface area (Å²) in [6, 6.07) is 7.48. The maximum absolute atomic E-state index is 11.6. The number of hydrogen-bond donors (Lipinski definition) is 0. The molecule has 5 heteroatoms. The van der Waals surface area contributed by atoms with E-state index in [-0.39, 0.29) is 5.97 Å². The van der Waals surface area contributed by atoms with Crippen molar-refractivity contribution in [2.75, 3.05) is 12.9 Å². The van der Waals surface area contributed by atoms with Gasteiger partial charge in [0.1, 0.15) is 17.4 Å². The summed E-state index contributed by atoms with van der Waals surface area (Å²) < 4.78 is 10.4. The first-order chi connectivity index (χ1) is 9.35. The summed E-state index contributed by atoms with van der Waals surface area (Å²) in [5.74, 6) is 1.31. The van der Waals surface area contributed by atoms with Crippen molar-refractivity contribution in [1.82, 2.24) is 0 Å². The average Bonchev–Trinajstić information content (AvgIpc) is 2.36. The van der Waals surface area contributed by atoms with Gasteiger partial charge in [-0.1, -0.05) is 6.07 Å². The van der Waals surface area contributed by atoms with Crippen LogP contribution in [0.4, 0.5) is 0 Å².